The van der Waals surface area contributed by atoms with Gasteiger partial charge < -0.3 is 11.1 Å². The monoisotopic (exact) mass is 466 g/mol. The second-order valence-electron chi connectivity index (χ2n) is 5.74. The van der Waals surface area contributed by atoms with Crippen LogP contribution in [-0.2, 0) is 16.6 Å². The highest BCUT2D eigenvalue weighted by atomic mass is 127. The number of piperidine rings is 1. The Hall–Kier alpha value is -0.870. The number of nitrogens with two attached hydrogens (primary N) is 1. The third-order valence-corrected chi connectivity index (χ3v) is 5.73. The lowest BCUT2D eigenvalue weighted by atomic mass is 10.2. The molecule has 1 aliphatic heterocycles. The normalized spacial score (nSPS) is 16.5. The van der Waals surface area contributed by atoms with Crippen LogP contribution in [0, 0.1) is 0 Å². The Balaban J connectivity index is 0.00000288. The molecule has 1 aliphatic rings. The van der Waals surface area contributed by atoms with Gasteiger partial charge in [0, 0.05) is 19.6 Å². The molecule has 2 rings (SSSR count). The summed E-state index contributed by atoms with van der Waals surface area (Å²) in [6, 6.07) is 6.97. The van der Waals surface area contributed by atoms with Gasteiger partial charge in [-0.25, -0.2) is 13.4 Å². The van der Waals surface area contributed by atoms with Crippen LogP contribution in [0.15, 0.2) is 34.2 Å². The van der Waals surface area contributed by atoms with E-state index >= 15 is 0 Å². The quantitative estimate of drug-likeness (QED) is 0.383. The van der Waals surface area contributed by atoms with E-state index in [1.807, 2.05) is 6.07 Å². The van der Waals surface area contributed by atoms with Gasteiger partial charge in [0.1, 0.15) is 0 Å². The zero-order valence-corrected chi connectivity index (χ0v) is 17.2. The zero-order valence-electron chi connectivity index (χ0n) is 14.1. The third-order valence-electron chi connectivity index (χ3n) is 3.84. The van der Waals surface area contributed by atoms with E-state index in [2.05, 4.69) is 17.2 Å². The van der Waals surface area contributed by atoms with Crippen molar-refractivity contribution >= 4 is 40.0 Å². The highest BCUT2D eigenvalue weighted by Crippen LogP contribution is 2.21. The molecule has 8 heteroatoms. The molecular formula is C16H27IN4O2S. The number of aliphatic imine (C=N–C) groups is 1. The molecule has 24 heavy (non-hydrogen) atoms. The Morgan fingerprint density at radius 1 is 1.29 bits per heavy atom. The Morgan fingerprint density at radius 2 is 2.00 bits per heavy atom. The van der Waals surface area contributed by atoms with Crippen molar-refractivity contribution in [1.82, 2.24) is 9.62 Å². The molecule has 1 fully saturated rings. The number of benzene rings is 1. The van der Waals surface area contributed by atoms with Crippen LogP contribution in [-0.4, -0.2) is 38.3 Å². The molecule has 3 N–H and O–H groups in total. The van der Waals surface area contributed by atoms with E-state index < -0.39 is 10.0 Å². The Bertz CT molecular complexity index is 643. The number of nitrogens with zero attached hydrogens (tertiary/aromatic N) is 2. The van der Waals surface area contributed by atoms with Gasteiger partial charge >= 0.3 is 0 Å². The first-order valence-corrected chi connectivity index (χ1v) is 9.61. The van der Waals surface area contributed by atoms with Crippen LogP contribution in [0.5, 0.6) is 0 Å². The van der Waals surface area contributed by atoms with Gasteiger partial charge in [-0.2, -0.15) is 4.31 Å². The third kappa shape index (κ3) is 5.89. The minimum Gasteiger partial charge on any atom is -0.370 e. The molecule has 0 aromatic heterocycles. The largest absolute Gasteiger partial charge is 0.370 e. The van der Waals surface area contributed by atoms with Crippen LogP contribution in [0.25, 0.3) is 0 Å². The average Bonchev–Trinajstić information content (AvgIpc) is 2.59. The van der Waals surface area contributed by atoms with Gasteiger partial charge in [0.15, 0.2) is 5.96 Å². The van der Waals surface area contributed by atoms with Crippen LogP contribution in [0.2, 0.25) is 0 Å². The molecule has 1 heterocycles. The van der Waals surface area contributed by atoms with Crippen molar-refractivity contribution in [3.05, 3.63) is 29.8 Å². The molecule has 0 bridgehead atoms. The fraction of sp³-hybridized carbons (Fsp3) is 0.562. The van der Waals surface area contributed by atoms with Crippen LogP contribution < -0.4 is 11.1 Å². The van der Waals surface area contributed by atoms with Gasteiger partial charge in [-0.15, -0.1) is 24.0 Å². The number of rotatable bonds is 6. The summed E-state index contributed by atoms with van der Waals surface area (Å²) in [4.78, 5) is 4.58. The molecule has 0 atom stereocenters. The fourth-order valence-electron chi connectivity index (χ4n) is 2.54. The van der Waals surface area contributed by atoms with Gasteiger partial charge in [-0.05, 0) is 37.0 Å². The lowest BCUT2D eigenvalue weighted by Gasteiger charge is -2.26. The summed E-state index contributed by atoms with van der Waals surface area (Å²) in [7, 11) is -3.40. The van der Waals surface area contributed by atoms with Crippen molar-refractivity contribution in [3.63, 3.8) is 0 Å². The van der Waals surface area contributed by atoms with Crippen molar-refractivity contribution in [2.75, 3.05) is 19.6 Å². The molecular weight excluding hydrogens is 439 g/mol. The first kappa shape index (κ1) is 21.2. The minimum absolute atomic E-state index is 0. The van der Waals surface area contributed by atoms with Gasteiger partial charge in [-0.3, -0.25) is 0 Å². The molecule has 0 radical (unpaired) electrons. The van der Waals surface area contributed by atoms with E-state index in [9.17, 15) is 8.42 Å². The molecule has 0 amide bonds. The van der Waals surface area contributed by atoms with E-state index in [1.165, 1.54) is 0 Å². The second kappa shape index (κ2) is 10.2. The predicted molar refractivity (Wildman–Crippen MR) is 108 cm³/mol. The smallest absolute Gasteiger partial charge is 0.243 e. The molecule has 0 saturated carbocycles. The van der Waals surface area contributed by atoms with Crippen LogP contribution in [0.1, 0.15) is 38.2 Å². The van der Waals surface area contributed by atoms with E-state index in [0.717, 1.165) is 37.8 Å². The number of guanidine groups is 1. The SMILES string of the molecule is CCCNC(N)=NCc1cccc(S(=O)(=O)N2CCCCC2)c1.I. The maximum absolute atomic E-state index is 12.7. The Kier molecular flexibility index (Phi) is 8.99. The van der Waals surface area contributed by atoms with Crippen molar-refractivity contribution in [1.29, 1.82) is 0 Å². The Morgan fingerprint density at radius 3 is 2.67 bits per heavy atom. The van der Waals surface area contributed by atoms with Crippen molar-refractivity contribution in [2.45, 2.75) is 44.0 Å². The van der Waals surface area contributed by atoms with Gasteiger partial charge in [0.2, 0.25) is 10.0 Å². The van der Waals surface area contributed by atoms with Gasteiger partial charge in [-0.1, -0.05) is 25.5 Å². The van der Waals surface area contributed by atoms with Crippen molar-refractivity contribution in [2.24, 2.45) is 10.7 Å². The number of sulfonamides is 1. The maximum atomic E-state index is 12.7. The summed E-state index contributed by atoms with van der Waals surface area (Å²) >= 11 is 0. The van der Waals surface area contributed by atoms with Crippen molar-refractivity contribution in [3.8, 4) is 0 Å². The second-order valence-corrected chi connectivity index (χ2v) is 7.68. The van der Waals surface area contributed by atoms with E-state index in [1.54, 1.807) is 22.5 Å². The summed E-state index contributed by atoms with van der Waals surface area (Å²) in [5.74, 6) is 0.385. The molecule has 1 aromatic carbocycles. The van der Waals surface area contributed by atoms with Crippen LogP contribution >= 0.6 is 24.0 Å². The van der Waals surface area contributed by atoms with Gasteiger partial charge in [0.05, 0.1) is 11.4 Å². The van der Waals surface area contributed by atoms with Crippen molar-refractivity contribution < 1.29 is 8.42 Å². The number of hydrogen-bond acceptors (Lipinski definition) is 3. The lowest BCUT2D eigenvalue weighted by molar-refractivity contribution is 0.346. The molecule has 0 aliphatic carbocycles. The van der Waals surface area contributed by atoms with Crippen LogP contribution in [0.4, 0.5) is 0 Å². The summed E-state index contributed by atoms with van der Waals surface area (Å²) < 4.78 is 26.9. The Labute approximate surface area is 162 Å². The van der Waals surface area contributed by atoms with E-state index in [-0.39, 0.29) is 24.0 Å². The van der Waals surface area contributed by atoms with E-state index in [4.69, 9.17) is 5.73 Å². The topological polar surface area (TPSA) is 87.8 Å². The molecule has 1 saturated heterocycles. The summed E-state index contributed by atoms with van der Waals surface area (Å²) in [6.45, 7) is 4.41. The number of hydrogen-bond donors (Lipinski definition) is 2. The fourth-order valence-corrected chi connectivity index (χ4v) is 4.13. The van der Waals surface area contributed by atoms with Crippen LogP contribution in [0.3, 0.4) is 0 Å². The molecule has 1 aromatic rings. The molecule has 136 valence electrons. The predicted octanol–water partition coefficient (Wildman–Crippen LogP) is 2.29. The standard InChI is InChI=1S/C16H26N4O2S.HI/c1-2-9-18-16(17)19-13-14-7-6-8-15(12-14)23(21,22)20-10-4-3-5-11-20;/h6-8,12H,2-5,9-11,13H2,1H3,(H3,17,18,19);1H. The lowest BCUT2D eigenvalue weighted by Crippen LogP contribution is -2.35. The number of halogens is 1. The van der Waals surface area contributed by atoms with Gasteiger partial charge in [0.25, 0.3) is 0 Å². The van der Waals surface area contributed by atoms with E-state index in [0.29, 0.717) is 30.5 Å². The molecule has 0 spiro atoms. The first-order chi connectivity index (χ1) is 11.0. The summed E-state index contributed by atoms with van der Waals surface area (Å²) in [5, 5.41) is 3.00. The maximum Gasteiger partial charge on any atom is 0.243 e. The summed E-state index contributed by atoms with van der Waals surface area (Å²) in [6.07, 6.45) is 3.94. The first-order valence-electron chi connectivity index (χ1n) is 8.17. The zero-order chi connectivity index (χ0) is 16.7. The highest BCUT2D eigenvalue weighted by molar-refractivity contribution is 14.0. The summed E-state index contributed by atoms with van der Waals surface area (Å²) in [5.41, 5.74) is 6.60. The minimum atomic E-state index is -3.40. The molecule has 0 unspecified atom stereocenters. The number of nitrogens with one attached hydrogen (secondary N) is 1. The highest BCUT2D eigenvalue weighted by Gasteiger charge is 2.25. The average molecular weight is 466 g/mol. The molecule has 6 nitrogen and oxygen atoms in total.